The van der Waals surface area contributed by atoms with Crippen LogP contribution in [0.3, 0.4) is 0 Å². The molecule has 0 saturated heterocycles. The van der Waals surface area contributed by atoms with Gasteiger partial charge in [-0.1, -0.05) is 24.3 Å². The molecule has 2 aromatic rings. The van der Waals surface area contributed by atoms with Gasteiger partial charge in [-0.3, -0.25) is 9.59 Å². The number of nitrogens with one attached hydrogen (secondary N) is 1. The number of rotatable bonds is 1. The predicted molar refractivity (Wildman–Crippen MR) is 96.0 cm³/mol. The third-order valence-corrected chi connectivity index (χ3v) is 4.89. The highest BCUT2D eigenvalue weighted by Crippen LogP contribution is 2.37. The molecule has 2 aliphatic heterocycles. The quantitative estimate of drug-likeness (QED) is 0.814. The molecule has 5 nitrogen and oxygen atoms in total. The van der Waals surface area contributed by atoms with E-state index in [-0.39, 0.29) is 5.91 Å². The topological polar surface area (TPSA) is 58.6 Å². The van der Waals surface area contributed by atoms with Crippen LogP contribution in [-0.4, -0.2) is 24.0 Å². The van der Waals surface area contributed by atoms with Crippen LogP contribution in [0.2, 0.25) is 0 Å². The van der Waals surface area contributed by atoms with Crippen molar-refractivity contribution >= 4 is 23.2 Å². The van der Waals surface area contributed by atoms with E-state index in [4.69, 9.17) is 4.74 Å². The minimum Gasteiger partial charge on any atom is -0.465 e. The largest absolute Gasteiger partial charge is 0.465 e. The van der Waals surface area contributed by atoms with E-state index in [1.165, 1.54) is 0 Å². The first-order chi connectivity index (χ1) is 12.0. The van der Waals surface area contributed by atoms with Crippen molar-refractivity contribution in [2.45, 2.75) is 32.3 Å². The summed E-state index contributed by atoms with van der Waals surface area (Å²) in [5.74, 6) is -0.242. The Balaban J connectivity index is 1.71. The van der Waals surface area contributed by atoms with Crippen molar-refractivity contribution in [3.63, 3.8) is 0 Å². The highest BCUT2D eigenvalue weighted by Gasteiger charge is 2.50. The summed E-state index contributed by atoms with van der Waals surface area (Å²) in [7, 11) is 0. The molecule has 0 spiro atoms. The number of fused-ring (bicyclic) bond motifs is 2. The number of hydrogen-bond donors (Lipinski definition) is 1. The maximum atomic E-state index is 13.3. The molecule has 0 aromatic heterocycles. The summed E-state index contributed by atoms with van der Waals surface area (Å²) in [6, 6.07) is 13.4. The molecule has 0 fully saturated rings. The summed E-state index contributed by atoms with van der Waals surface area (Å²) >= 11 is 0. The van der Waals surface area contributed by atoms with Crippen LogP contribution in [0.15, 0.2) is 42.5 Å². The number of carbonyl (C=O) groups is 2. The summed E-state index contributed by atoms with van der Waals surface area (Å²) in [6.45, 7) is 4.07. The van der Waals surface area contributed by atoms with E-state index in [9.17, 15) is 9.59 Å². The Morgan fingerprint density at radius 1 is 1.24 bits per heavy atom. The molecule has 0 radical (unpaired) electrons. The van der Waals surface area contributed by atoms with Crippen molar-refractivity contribution in [3.8, 4) is 5.75 Å². The van der Waals surface area contributed by atoms with Crippen LogP contribution < -0.4 is 15.0 Å². The summed E-state index contributed by atoms with van der Waals surface area (Å²) in [5, 5.41) is 2.82. The molecule has 2 aromatic carbocycles. The summed E-state index contributed by atoms with van der Waals surface area (Å²) in [6.07, 6.45) is 1.81. The van der Waals surface area contributed by atoms with E-state index in [0.717, 1.165) is 29.7 Å². The van der Waals surface area contributed by atoms with Gasteiger partial charge in [-0.25, -0.2) is 0 Å². The second kappa shape index (κ2) is 5.62. The maximum absolute atomic E-state index is 13.3. The lowest BCUT2D eigenvalue weighted by Gasteiger charge is -2.39. The van der Waals surface area contributed by atoms with Crippen LogP contribution in [0.25, 0.3) is 0 Å². The lowest BCUT2D eigenvalue weighted by Crippen LogP contribution is -2.60. The Hall–Kier alpha value is -2.82. The van der Waals surface area contributed by atoms with Gasteiger partial charge in [-0.15, -0.1) is 0 Å². The molecule has 4 rings (SSSR count). The average molecular weight is 336 g/mol. The Morgan fingerprint density at radius 3 is 2.88 bits per heavy atom. The summed E-state index contributed by atoms with van der Waals surface area (Å²) in [5.41, 5.74) is 2.04. The molecule has 128 valence electrons. The van der Waals surface area contributed by atoms with Crippen molar-refractivity contribution < 1.29 is 14.3 Å². The molecule has 0 bridgehead atoms. The fraction of sp³-hybridized carbons (Fsp3) is 0.300. The van der Waals surface area contributed by atoms with Gasteiger partial charge >= 0.3 is 0 Å². The zero-order valence-corrected chi connectivity index (χ0v) is 14.3. The standard InChI is InChI=1S/C20H20N2O3/c1-13-9-10-17-15(12-13)21-18(23)20(2,25-17)19(24)22-11-5-7-14-6-3-4-8-16(14)22/h3-4,6,8-10,12H,5,7,11H2,1-2H3,(H,21,23). The van der Waals surface area contributed by atoms with Gasteiger partial charge in [0.05, 0.1) is 5.69 Å². The molecular weight excluding hydrogens is 316 g/mol. The van der Waals surface area contributed by atoms with E-state index >= 15 is 0 Å². The Labute approximate surface area is 146 Å². The van der Waals surface area contributed by atoms with E-state index in [1.54, 1.807) is 17.9 Å². The number of ether oxygens (including phenoxy) is 1. The first-order valence-electron chi connectivity index (χ1n) is 8.50. The lowest BCUT2D eigenvalue weighted by molar-refractivity contribution is -0.144. The average Bonchev–Trinajstić information content (AvgIpc) is 2.62. The summed E-state index contributed by atoms with van der Waals surface area (Å²) in [4.78, 5) is 27.6. The van der Waals surface area contributed by atoms with E-state index in [1.807, 2.05) is 43.3 Å². The molecule has 2 heterocycles. The van der Waals surface area contributed by atoms with Gasteiger partial charge in [0.15, 0.2) is 0 Å². The van der Waals surface area contributed by atoms with E-state index in [0.29, 0.717) is 18.0 Å². The number of carbonyl (C=O) groups excluding carboxylic acids is 2. The van der Waals surface area contributed by atoms with Crippen LogP contribution in [0.5, 0.6) is 5.75 Å². The van der Waals surface area contributed by atoms with Crippen LogP contribution in [-0.2, 0) is 16.0 Å². The number of aryl methyl sites for hydroxylation is 2. The number of amides is 2. The van der Waals surface area contributed by atoms with Crippen molar-refractivity contribution in [2.75, 3.05) is 16.8 Å². The van der Waals surface area contributed by atoms with Gasteiger partial charge < -0.3 is 15.0 Å². The normalized spacial score (nSPS) is 21.7. The van der Waals surface area contributed by atoms with Crippen molar-refractivity contribution in [1.29, 1.82) is 0 Å². The maximum Gasteiger partial charge on any atom is 0.280 e. The number of benzene rings is 2. The van der Waals surface area contributed by atoms with Crippen LogP contribution in [0.4, 0.5) is 11.4 Å². The van der Waals surface area contributed by atoms with E-state index < -0.39 is 11.5 Å². The van der Waals surface area contributed by atoms with Gasteiger partial charge in [-0.2, -0.15) is 0 Å². The zero-order chi connectivity index (χ0) is 17.6. The van der Waals surface area contributed by atoms with E-state index in [2.05, 4.69) is 5.32 Å². The molecule has 1 atom stereocenters. The first-order valence-corrected chi connectivity index (χ1v) is 8.50. The van der Waals surface area contributed by atoms with Crippen molar-refractivity contribution in [1.82, 2.24) is 0 Å². The molecular formula is C20H20N2O3. The van der Waals surface area contributed by atoms with Gasteiger partial charge in [-0.05, 0) is 56.0 Å². The molecule has 0 saturated carbocycles. The van der Waals surface area contributed by atoms with Crippen LogP contribution in [0.1, 0.15) is 24.5 Å². The zero-order valence-electron chi connectivity index (χ0n) is 14.3. The molecule has 2 aliphatic rings. The van der Waals surface area contributed by atoms with Gasteiger partial charge in [0.25, 0.3) is 17.4 Å². The fourth-order valence-corrected chi connectivity index (χ4v) is 3.48. The highest BCUT2D eigenvalue weighted by molar-refractivity contribution is 6.19. The predicted octanol–water partition coefficient (Wildman–Crippen LogP) is 3.06. The molecule has 25 heavy (non-hydrogen) atoms. The van der Waals surface area contributed by atoms with Gasteiger partial charge in [0.2, 0.25) is 0 Å². The molecule has 1 N–H and O–H groups in total. The van der Waals surface area contributed by atoms with Crippen molar-refractivity contribution in [3.05, 3.63) is 53.6 Å². The molecule has 2 amide bonds. The molecule has 0 aliphatic carbocycles. The first kappa shape index (κ1) is 15.7. The minimum absolute atomic E-state index is 0.330. The second-order valence-corrected chi connectivity index (χ2v) is 6.78. The van der Waals surface area contributed by atoms with Crippen LogP contribution >= 0.6 is 0 Å². The fourth-order valence-electron chi connectivity index (χ4n) is 3.48. The molecule has 5 heteroatoms. The van der Waals surface area contributed by atoms with Gasteiger partial charge in [0, 0.05) is 12.2 Å². The highest BCUT2D eigenvalue weighted by atomic mass is 16.5. The Kier molecular flexibility index (Phi) is 3.53. The second-order valence-electron chi connectivity index (χ2n) is 6.78. The molecule has 1 unspecified atom stereocenters. The number of nitrogens with zero attached hydrogens (tertiary/aromatic N) is 1. The third kappa shape index (κ3) is 2.47. The van der Waals surface area contributed by atoms with Gasteiger partial charge in [0.1, 0.15) is 5.75 Å². The summed E-state index contributed by atoms with van der Waals surface area (Å²) < 4.78 is 5.91. The monoisotopic (exact) mass is 336 g/mol. The smallest absolute Gasteiger partial charge is 0.280 e. The third-order valence-electron chi connectivity index (χ3n) is 4.89. The number of anilines is 2. The SMILES string of the molecule is Cc1ccc2c(c1)NC(=O)C(C)(C(=O)N1CCCc3ccccc31)O2. The number of para-hydroxylation sites is 1. The number of hydrogen-bond acceptors (Lipinski definition) is 3. The van der Waals surface area contributed by atoms with Crippen molar-refractivity contribution in [2.24, 2.45) is 0 Å². The minimum atomic E-state index is -1.58. The lowest BCUT2D eigenvalue weighted by atomic mass is 9.96. The Bertz CT molecular complexity index is 877. The Morgan fingerprint density at radius 2 is 2.04 bits per heavy atom. The van der Waals surface area contributed by atoms with Crippen LogP contribution in [0, 0.1) is 6.92 Å².